The van der Waals surface area contributed by atoms with Gasteiger partial charge in [0.25, 0.3) is 5.91 Å². The zero-order valence-electron chi connectivity index (χ0n) is 18.0. The van der Waals surface area contributed by atoms with E-state index in [2.05, 4.69) is 15.9 Å². The minimum atomic E-state index is -1.06. The molecule has 34 heavy (non-hydrogen) atoms. The highest BCUT2D eigenvalue weighted by Gasteiger charge is 2.60. The Bertz CT molecular complexity index is 1250. The number of aromatic hydroxyl groups is 1. The quantitative estimate of drug-likeness (QED) is 0.483. The summed E-state index contributed by atoms with van der Waals surface area (Å²) in [6.07, 6.45) is -1.06. The van der Waals surface area contributed by atoms with E-state index in [1.807, 2.05) is 30.3 Å². The monoisotopic (exact) mass is 526 g/mol. The summed E-state index contributed by atoms with van der Waals surface area (Å²) in [4.78, 5) is 34.1. The van der Waals surface area contributed by atoms with E-state index in [9.17, 15) is 19.1 Å². The van der Waals surface area contributed by atoms with Crippen molar-refractivity contribution in [3.63, 3.8) is 0 Å². The summed E-state index contributed by atoms with van der Waals surface area (Å²) in [7, 11) is 0. The van der Waals surface area contributed by atoms with E-state index in [1.165, 1.54) is 24.3 Å². The van der Waals surface area contributed by atoms with Crippen LogP contribution in [-0.4, -0.2) is 29.6 Å². The molecule has 2 fully saturated rings. The molecule has 7 nitrogen and oxygen atoms in total. The summed E-state index contributed by atoms with van der Waals surface area (Å²) in [5, 5.41) is 12.0. The maximum Gasteiger partial charge on any atom is 0.266 e. The fourth-order valence-corrected chi connectivity index (χ4v) is 4.89. The lowest BCUT2D eigenvalue weighted by atomic mass is 9.90. The minimum absolute atomic E-state index is 0.0610. The molecule has 2 aliphatic heterocycles. The third-order valence-corrected chi connectivity index (χ3v) is 6.51. The number of hydroxylamine groups is 1. The molecule has 2 amide bonds. The number of phenols is 1. The summed E-state index contributed by atoms with van der Waals surface area (Å²) < 4.78 is 19.4. The number of hydrogen-bond donors (Lipinski definition) is 1. The number of halogens is 2. The van der Waals surface area contributed by atoms with Crippen LogP contribution < -0.4 is 14.7 Å². The van der Waals surface area contributed by atoms with Crippen molar-refractivity contribution in [2.45, 2.75) is 19.1 Å². The number of rotatable bonds is 5. The van der Waals surface area contributed by atoms with Crippen LogP contribution in [0.5, 0.6) is 11.5 Å². The summed E-state index contributed by atoms with van der Waals surface area (Å²) in [6, 6.07) is 17.0. The highest BCUT2D eigenvalue weighted by molar-refractivity contribution is 9.10. The number of carbonyl (C=O) groups is 2. The Morgan fingerprint density at radius 1 is 1.03 bits per heavy atom. The van der Waals surface area contributed by atoms with Gasteiger partial charge >= 0.3 is 0 Å². The Balaban J connectivity index is 1.62. The highest BCUT2D eigenvalue weighted by Crippen LogP contribution is 2.49. The average Bonchev–Trinajstić information content (AvgIpc) is 3.34. The molecule has 0 unspecified atom stereocenters. The Morgan fingerprint density at radius 3 is 2.41 bits per heavy atom. The van der Waals surface area contributed by atoms with Gasteiger partial charge in [0.1, 0.15) is 11.7 Å². The zero-order valence-corrected chi connectivity index (χ0v) is 19.6. The van der Waals surface area contributed by atoms with E-state index in [1.54, 1.807) is 24.1 Å². The number of amides is 2. The standard InChI is InChI=1S/C25H20BrFN2O5/c1-2-33-19-13-14(12-18(26)22(19)30)21-20-23(34-29(21)17-6-4-3-5-7-17)25(32)28(24(20)31)16-10-8-15(27)9-11-16/h3-13,20-21,23,30H,2H2,1H3/t20-,21+,23-/m0/s1. The first-order valence-corrected chi connectivity index (χ1v) is 11.5. The molecule has 0 aromatic heterocycles. The van der Waals surface area contributed by atoms with Gasteiger partial charge in [-0.05, 0) is 76.9 Å². The number of ether oxygens (including phenoxy) is 1. The second-order valence-electron chi connectivity index (χ2n) is 7.93. The van der Waals surface area contributed by atoms with Crippen LogP contribution in [0.2, 0.25) is 0 Å². The lowest BCUT2D eigenvalue weighted by molar-refractivity contribution is -0.126. The van der Waals surface area contributed by atoms with Crippen molar-refractivity contribution in [1.29, 1.82) is 0 Å². The molecule has 5 rings (SSSR count). The molecule has 0 radical (unpaired) electrons. The SMILES string of the molecule is CCOc1cc([C@@H]2[C@@H]3C(=O)N(c4ccc(F)cc4)C(=O)[C@H]3ON2c2ccccc2)cc(Br)c1O. The Kier molecular flexibility index (Phi) is 5.75. The molecule has 2 heterocycles. The second kappa shape index (κ2) is 8.73. The number of phenolic OH excluding ortho intramolecular Hbond substituents is 1. The van der Waals surface area contributed by atoms with Crippen LogP contribution in [0.1, 0.15) is 18.5 Å². The number of carbonyl (C=O) groups excluding carboxylic acids is 2. The second-order valence-corrected chi connectivity index (χ2v) is 8.78. The van der Waals surface area contributed by atoms with Crippen molar-refractivity contribution in [2.75, 3.05) is 16.6 Å². The third-order valence-electron chi connectivity index (χ3n) is 5.90. The molecule has 0 bridgehead atoms. The fraction of sp³-hybridized carbons (Fsp3) is 0.200. The molecule has 0 spiro atoms. The molecule has 0 saturated carbocycles. The molecule has 0 aliphatic carbocycles. The minimum Gasteiger partial charge on any atom is -0.503 e. The van der Waals surface area contributed by atoms with Crippen LogP contribution in [0.25, 0.3) is 0 Å². The largest absolute Gasteiger partial charge is 0.503 e. The highest BCUT2D eigenvalue weighted by atomic mass is 79.9. The number of fused-ring (bicyclic) bond motifs is 1. The van der Waals surface area contributed by atoms with Gasteiger partial charge in [0, 0.05) is 0 Å². The number of imide groups is 1. The van der Waals surface area contributed by atoms with Crippen LogP contribution >= 0.6 is 15.9 Å². The average molecular weight is 527 g/mol. The first-order chi connectivity index (χ1) is 16.4. The van der Waals surface area contributed by atoms with Crippen molar-refractivity contribution in [3.8, 4) is 11.5 Å². The van der Waals surface area contributed by atoms with Gasteiger partial charge in [-0.15, -0.1) is 0 Å². The maximum absolute atomic E-state index is 13.6. The lowest BCUT2D eigenvalue weighted by Crippen LogP contribution is -2.37. The molecular weight excluding hydrogens is 507 g/mol. The summed E-state index contributed by atoms with van der Waals surface area (Å²) >= 11 is 3.36. The van der Waals surface area contributed by atoms with Crippen molar-refractivity contribution < 1.29 is 28.7 Å². The van der Waals surface area contributed by atoms with Gasteiger partial charge in [-0.2, -0.15) is 0 Å². The third kappa shape index (κ3) is 3.61. The predicted molar refractivity (Wildman–Crippen MR) is 126 cm³/mol. The van der Waals surface area contributed by atoms with Gasteiger partial charge < -0.3 is 9.84 Å². The number of hydrogen-bond acceptors (Lipinski definition) is 6. The van der Waals surface area contributed by atoms with Crippen molar-refractivity contribution >= 4 is 39.1 Å². The van der Waals surface area contributed by atoms with Crippen LogP contribution in [-0.2, 0) is 14.4 Å². The van der Waals surface area contributed by atoms with Gasteiger partial charge in [0.2, 0.25) is 5.91 Å². The van der Waals surface area contributed by atoms with Gasteiger partial charge in [0.05, 0.1) is 28.5 Å². The van der Waals surface area contributed by atoms with E-state index < -0.39 is 35.7 Å². The Hall–Kier alpha value is -3.43. The van der Waals surface area contributed by atoms with E-state index in [0.29, 0.717) is 22.3 Å². The topological polar surface area (TPSA) is 79.3 Å². The normalized spacial score (nSPS) is 21.8. The van der Waals surface area contributed by atoms with Crippen molar-refractivity contribution in [1.82, 2.24) is 0 Å². The van der Waals surface area contributed by atoms with E-state index >= 15 is 0 Å². The van der Waals surface area contributed by atoms with Crippen LogP contribution in [0.4, 0.5) is 15.8 Å². The first-order valence-electron chi connectivity index (χ1n) is 10.7. The van der Waals surface area contributed by atoms with Crippen LogP contribution in [0.15, 0.2) is 71.2 Å². The van der Waals surface area contributed by atoms with Crippen LogP contribution in [0, 0.1) is 11.7 Å². The molecule has 3 atom stereocenters. The van der Waals surface area contributed by atoms with Gasteiger partial charge in [0.15, 0.2) is 17.6 Å². The summed E-state index contributed by atoms with van der Waals surface area (Å²) in [5.41, 5.74) is 1.56. The Morgan fingerprint density at radius 2 is 1.74 bits per heavy atom. The molecule has 2 saturated heterocycles. The number of para-hydroxylation sites is 1. The Labute approximate surface area is 203 Å². The molecule has 1 N–H and O–H groups in total. The number of anilines is 2. The maximum atomic E-state index is 13.6. The number of benzene rings is 3. The van der Waals surface area contributed by atoms with Gasteiger partial charge in [-0.3, -0.25) is 14.4 Å². The van der Waals surface area contributed by atoms with E-state index in [4.69, 9.17) is 9.57 Å². The van der Waals surface area contributed by atoms with E-state index in [0.717, 1.165) is 4.90 Å². The lowest BCUT2D eigenvalue weighted by Gasteiger charge is -2.29. The number of nitrogens with zero attached hydrogens (tertiary/aromatic N) is 2. The first kappa shape index (κ1) is 22.4. The summed E-state index contributed by atoms with van der Waals surface area (Å²) in [5.74, 6) is -2.13. The molecule has 3 aromatic carbocycles. The molecule has 9 heteroatoms. The predicted octanol–water partition coefficient (Wildman–Crippen LogP) is 4.74. The molecule has 174 valence electrons. The van der Waals surface area contributed by atoms with Crippen molar-refractivity contribution in [3.05, 3.63) is 82.6 Å². The molecule has 3 aromatic rings. The zero-order chi connectivity index (χ0) is 24.0. The summed E-state index contributed by atoms with van der Waals surface area (Å²) in [6.45, 7) is 2.12. The van der Waals surface area contributed by atoms with Crippen LogP contribution in [0.3, 0.4) is 0 Å². The smallest absolute Gasteiger partial charge is 0.266 e. The fourth-order valence-electron chi connectivity index (χ4n) is 4.43. The van der Waals surface area contributed by atoms with Gasteiger partial charge in [-0.1, -0.05) is 18.2 Å². The molecule has 2 aliphatic rings. The molecular formula is C25H20BrFN2O5. The van der Waals surface area contributed by atoms with E-state index in [-0.39, 0.29) is 17.2 Å². The van der Waals surface area contributed by atoms with Crippen molar-refractivity contribution in [2.24, 2.45) is 5.92 Å². The van der Waals surface area contributed by atoms with Gasteiger partial charge in [-0.25, -0.2) is 14.4 Å².